The summed E-state index contributed by atoms with van der Waals surface area (Å²) in [5.74, 6) is -0.473. The molecule has 0 aliphatic carbocycles. The van der Waals surface area contributed by atoms with Crippen LogP contribution in [0.2, 0.25) is 0 Å². The summed E-state index contributed by atoms with van der Waals surface area (Å²) in [6.07, 6.45) is 2.92. The molecule has 1 aliphatic rings. The van der Waals surface area contributed by atoms with Gasteiger partial charge in [0, 0.05) is 27.8 Å². The van der Waals surface area contributed by atoms with Crippen molar-refractivity contribution in [1.82, 2.24) is 5.32 Å². The number of carbonyl (C=O) groups excluding carboxylic acids is 2. The molecule has 1 N–H and O–H groups in total. The van der Waals surface area contributed by atoms with E-state index in [9.17, 15) is 14.9 Å². The summed E-state index contributed by atoms with van der Waals surface area (Å²) in [5.41, 5.74) is 2.92. The highest BCUT2D eigenvalue weighted by Gasteiger charge is 2.23. The second-order valence-corrected chi connectivity index (χ2v) is 7.05. The zero-order valence-electron chi connectivity index (χ0n) is 14.6. The van der Waals surface area contributed by atoms with Gasteiger partial charge < -0.3 is 10.2 Å². The number of fused-ring (bicyclic) bond motifs is 1. The van der Waals surface area contributed by atoms with Crippen LogP contribution in [-0.2, 0) is 11.2 Å². The Labute approximate surface area is 166 Å². The Morgan fingerprint density at radius 3 is 2.78 bits per heavy atom. The highest BCUT2D eigenvalue weighted by atomic mass is 79.9. The van der Waals surface area contributed by atoms with Gasteiger partial charge in [0.25, 0.3) is 5.91 Å². The fraction of sp³-hybridized carbons (Fsp3) is 0.190. The van der Waals surface area contributed by atoms with Crippen LogP contribution in [0.5, 0.6) is 0 Å². The molecular formula is C21H18BrN3O2. The van der Waals surface area contributed by atoms with Crippen LogP contribution in [0.25, 0.3) is 0 Å². The highest BCUT2D eigenvalue weighted by molar-refractivity contribution is 9.10. The Balaban J connectivity index is 1.84. The summed E-state index contributed by atoms with van der Waals surface area (Å²) >= 11 is 3.41. The number of halogens is 1. The van der Waals surface area contributed by atoms with Gasteiger partial charge in [-0.3, -0.25) is 9.59 Å². The van der Waals surface area contributed by atoms with Gasteiger partial charge in [-0.2, -0.15) is 5.26 Å². The van der Waals surface area contributed by atoms with E-state index in [2.05, 4.69) is 33.9 Å². The number of benzene rings is 2. The van der Waals surface area contributed by atoms with Gasteiger partial charge in [0.05, 0.1) is 6.07 Å². The van der Waals surface area contributed by atoms with Gasteiger partial charge in [-0.15, -0.1) is 0 Å². The quantitative estimate of drug-likeness (QED) is 0.757. The molecule has 6 heteroatoms. The first-order valence-electron chi connectivity index (χ1n) is 8.57. The van der Waals surface area contributed by atoms with Gasteiger partial charge in [-0.1, -0.05) is 40.7 Å². The van der Waals surface area contributed by atoms with Crippen LogP contribution in [0.4, 0.5) is 5.69 Å². The first-order valence-corrected chi connectivity index (χ1v) is 9.36. The molecule has 0 aromatic heterocycles. The molecule has 27 heavy (non-hydrogen) atoms. The largest absolute Gasteiger partial charge is 0.332 e. The van der Waals surface area contributed by atoms with Crippen molar-refractivity contribution in [2.24, 2.45) is 0 Å². The maximum atomic E-state index is 12.7. The van der Waals surface area contributed by atoms with Crippen LogP contribution in [0, 0.1) is 11.3 Å². The van der Waals surface area contributed by atoms with E-state index in [1.807, 2.05) is 18.2 Å². The number of aryl methyl sites for hydroxylation is 1. The number of carbonyl (C=O) groups is 2. The molecule has 0 saturated carbocycles. The topological polar surface area (TPSA) is 73.2 Å². The van der Waals surface area contributed by atoms with Gasteiger partial charge in [0.2, 0.25) is 5.91 Å². The average molecular weight is 424 g/mol. The van der Waals surface area contributed by atoms with E-state index >= 15 is 0 Å². The maximum absolute atomic E-state index is 12.7. The third-order valence-electron chi connectivity index (χ3n) is 4.52. The molecule has 1 unspecified atom stereocenters. The first kappa shape index (κ1) is 18.9. The molecule has 0 radical (unpaired) electrons. The maximum Gasteiger partial charge on any atom is 0.252 e. The van der Waals surface area contributed by atoms with Crippen molar-refractivity contribution in [3.8, 4) is 6.07 Å². The standard InChI is InChI=1S/C21H18BrN3O2/c1-2-20(26)25-11-5-6-14-12-15(9-10-19(14)25)21(27)24-18(13-23)16-7-3-4-8-17(16)22/h2-4,7-10,12,18H,1,5-6,11H2,(H,24,27). The van der Waals surface area contributed by atoms with Gasteiger partial charge >= 0.3 is 0 Å². The summed E-state index contributed by atoms with van der Waals surface area (Å²) in [7, 11) is 0. The lowest BCUT2D eigenvalue weighted by Gasteiger charge is -2.29. The molecule has 3 rings (SSSR count). The number of hydrogen-bond acceptors (Lipinski definition) is 3. The van der Waals surface area contributed by atoms with Crippen molar-refractivity contribution in [1.29, 1.82) is 5.26 Å². The van der Waals surface area contributed by atoms with Gasteiger partial charge in [0.15, 0.2) is 0 Å². The van der Waals surface area contributed by atoms with Gasteiger partial charge in [-0.05, 0) is 48.7 Å². The van der Waals surface area contributed by atoms with Crippen molar-refractivity contribution in [3.63, 3.8) is 0 Å². The number of amides is 2. The molecular weight excluding hydrogens is 406 g/mol. The SMILES string of the molecule is C=CC(=O)N1CCCc2cc(C(=O)NC(C#N)c3ccccc3Br)ccc21. The molecule has 5 nitrogen and oxygen atoms in total. The second kappa shape index (κ2) is 8.19. The third-order valence-corrected chi connectivity index (χ3v) is 5.24. The zero-order chi connectivity index (χ0) is 19.4. The van der Waals surface area contributed by atoms with Crippen molar-refractivity contribution < 1.29 is 9.59 Å². The molecule has 1 atom stereocenters. The molecule has 2 amide bonds. The summed E-state index contributed by atoms with van der Waals surface area (Å²) < 4.78 is 0.765. The summed E-state index contributed by atoms with van der Waals surface area (Å²) in [4.78, 5) is 26.4. The Morgan fingerprint density at radius 1 is 1.30 bits per heavy atom. The summed E-state index contributed by atoms with van der Waals surface area (Å²) in [5, 5.41) is 12.2. The number of hydrogen-bond donors (Lipinski definition) is 1. The molecule has 0 bridgehead atoms. The van der Waals surface area contributed by atoms with E-state index in [0.29, 0.717) is 17.7 Å². The first-order chi connectivity index (χ1) is 13.0. The van der Waals surface area contributed by atoms with E-state index < -0.39 is 6.04 Å². The molecule has 2 aromatic carbocycles. The number of nitriles is 1. The highest BCUT2D eigenvalue weighted by Crippen LogP contribution is 2.29. The summed E-state index contributed by atoms with van der Waals surface area (Å²) in [6, 6.07) is 13.9. The van der Waals surface area contributed by atoms with Crippen molar-refractivity contribution in [2.75, 3.05) is 11.4 Å². The predicted octanol–water partition coefficient (Wildman–Crippen LogP) is 3.91. The number of nitrogens with zero attached hydrogens (tertiary/aromatic N) is 2. The molecule has 1 heterocycles. The van der Waals surface area contributed by atoms with Crippen LogP contribution < -0.4 is 10.2 Å². The van der Waals surface area contributed by atoms with E-state index in [1.165, 1.54) is 6.08 Å². The number of rotatable bonds is 4. The van der Waals surface area contributed by atoms with Crippen LogP contribution >= 0.6 is 15.9 Å². The Bertz CT molecular complexity index is 949. The van der Waals surface area contributed by atoms with E-state index in [-0.39, 0.29) is 11.8 Å². The Kier molecular flexibility index (Phi) is 5.72. The van der Waals surface area contributed by atoms with E-state index in [4.69, 9.17) is 0 Å². The fourth-order valence-corrected chi connectivity index (χ4v) is 3.69. The molecule has 0 spiro atoms. The van der Waals surface area contributed by atoms with Gasteiger partial charge in [0.1, 0.15) is 6.04 Å². The van der Waals surface area contributed by atoms with E-state index in [1.54, 1.807) is 29.2 Å². The van der Waals surface area contributed by atoms with Crippen molar-refractivity contribution in [2.45, 2.75) is 18.9 Å². The van der Waals surface area contributed by atoms with E-state index in [0.717, 1.165) is 28.6 Å². The van der Waals surface area contributed by atoms with Crippen LogP contribution in [-0.4, -0.2) is 18.4 Å². The Morgan fingerprint density at radius 2 is 2.07 bits per heavy atom. The molecule has 0 saturated heterocycles. The number of anilines is 1. The second-order valence-electron chi connectivity index (χ2n) is 6.20. The normalized spacial score (nSPS) is 13.9. The van der Waals surface area contributed by atoms with Crippen LogP contribution in [0.3, 0.4) is 0 Å². The lowest BCUT2D eigenvalue weighted by atomic mass is 9.98. The Hall–Kier alpha value is -2.91. The minimum absolute atomic E-state index is 0.147. The predicted molar refractivity (Wildman–Crippen MR) is 107 cm³/mol. The van der Waals surface area contributed by atoms with Crippen LogP contribution in [0.15, 0.2) is 59.6 Å². The fourth-order valence-electron chi connectivity index (χ4n) is 3.18. The minimum Gasteiger partial charge on any atom is -0.332 e. The monoisotopic (exact) mass is 423 g/mol. The number of nitrogens with one attached hydrogen (secondary N) is 1. The summed E-state index contributed by atoms with van der Waals surface area (Å²) in [6.45, 7) is 4.18. The van der Waals surface area contributed by atoms with Crippen molar-refractivity contribution in [3.05, 3.63) is 76.3 Å². The molecule has 2 aromatic rings. The lowest BCUT2D eigenvalue weighted by Crippen LogP contribution is -2.34. The smallest absolute Gasteiger partial charge is 0.252 e. The molecule has 1 aliphatic heterocycles. The molecule has 136 valence electrons. The minimum atomic E-state index is -0.761. The zero-order valence-corrected chi connectivity index (χ0v) is 16.2. The van der Waals surface area contributed by atoms with Gasteiger partial charge in [-0.25, -0.2) is 0 Å². The third kappa shape index (κ3) is 3.93. The average Bonchev–Trinajstić information content (AvgIpc) is 2.71. The van der Waals surface area contributed by atoms with Crippen LogP contribution in [0.1, 0.15) is 33.9 Å². The van der Waals surface area contributed by atoms with Crippen molar-refractivity contribution >= 4 is 33.4 Å². The molecule has 0 fully saturated rings. The lowest BCUT2D eigenvalue weighted by molar-refractivity contribution is -0.114.